The van der Waals surface area contributed by atoms with Crippen molar-refractivity contribution >= 4 is 17.0 Å². The summed E-state index contributed by atoms with van der Waals surface area (Å²) < 4.78 is 14.0. The maximum absolute atomic E-state index is 5.98. The molecule has 0 spiro atoms. The van der Waals surface area contributed by atoms with Gasteiger partial charge in [-0.25, -0.2) is 4.99 Å². The number of hydrogen-bond acceptors (Lipinski definition) is 4. The van der Waals surface area contributed by atoms with Gasteiger partial charge in [-0.2, -0.15) is 0 Å². The molecule has 1 fully saturated rings. The van der Waals surface area contributed by atoms with Gasteiger partial charge in [-0.1, -0.05) is 44.2 Å². The van der Waals surface area contributed by atoms with Crippen molar-refractivity contribution in [2.75, 3.05) is 13.7 Å². The molecule has 2 aromatic carbocycles. The smallest absolute Gasteiger partial charge is 0.190 e. The molecule has 0 radical (unpaired) electrons. The van der Waals surface area contributed by atoms with E-state index in [2.05, 4.69) is 54.1 Å². The average Bonchev–Trinajstić information content (AvgIpc) is 3.44. The molecule has 1 aliphatic rings. The summed E-state index contributed by atoms with van der Waals surface area (Å²) in [5.74, 6) is 0.881. The highest BCUT2D eigenvalue weighted by molar-refractivity contribution is 7.07. The summed E-state index contributed by atoms with van der Waals surface area (Å²) in [6.07, 6.45) is 4.41. The Morgan fingerprint density at radius 1 is 1.10 bits per heavy atom. The summed E-state index contributed by atoms with van der Waals surface area (Å²) in [6, 6.07) is 14.7. The highest BCUT2D eigenvalue weighted by Gasteiger charge is 2.20. The van der Waals surface area contributed by atoms with Gasteiger partial charge in [-0.15, -0.1) is 11.3 Å². The standard InChI is InChI=1S/C25H30N2O2S/c1-4-18-10-8-11-19(5-2)24(18)26-25-27(16-20-12-9-15-29-20)22(17-30-25)21-13-6-7-14-23(21)28-3/h6-8,10-11,13-14,17,20H,4-5,9,12,15-16H2,1-3H3. The van der Waals surface area contributed by atoms with Gasteiger partial charge in [0.15, 0.2) is 4.80 Å². The Morgan fingerprint density at radius 2 is 1.87 bits per heavy atom. The minimum Gasteiger partial charge on any atom is -0.496 e. The Labute approximate surface area is 182 Å². The second-order valence-electron chi connectivity index (χ2n) is 7.59. The van der Waals surface area contributed by atoms with Gasteiger partial charge in [0.25, 0.3) is 0 Å². The lowest BCUT2D eigenvalue weighted by molar-refractivity contribution is 0.0968. The van der Waals surface area contributed by atoms with Crippen LogP contribution in [0.25, 0.3) is 11.3 Å². The molecule has 4 rings (SSSR count). The van der Waals surface area contributed by atoms with Gasteiger partial charge >= 0.3 is 0 Å². The normalized spacial score (nSPS) is 16.9. The van der Waals surface area contributed by atoms with Crippen LogP contribution in [0, 0.1) is 0 Å². The fraction of sp³-hybridized carbons (Fsp3) is 0.400. The Morgan fingerprint density at radius 3 is 2.53 bits per heavy atom. The maximum Gasteiger partial charge on any atom is 0.190 e. The van der Waals surface area contributed by atoms with E-state index in [4.69, 9.17) is 14.5 Å². The number of ether oxygens (including phenoxy) is 2. The molecule has 0 amide bonds. The first-order valence-electron chi connectivity index (χ1n) is 10.8. The Bertz CT molecular complexity index is 1040. The molecule has 0 N–H and O–H groups in total. The Balaban J connectivity index is 1.89. The molecule has 1 aliphatic heterocycles. The minimum absolute atomic E-state index is 0.235. The van der Waals surface area contributed by atoms with Crippen molar-refractivity contribution in [2.45, 2.75) is 52.2 Å². The molecule has 158 valence electrons. The van der Waals surface area contributed by atoms with Gasteiger partial charge in [-0.3, -0.25) is 0 Å². The third-order valence-corrected chi connectivity index (χ3v) is 6.63. The molecule has 0 bridgehead atoms. The number of para-hydroxylation sites is 2. The highest BCUT2D eigenvalue weighted by Crippen LogP contribution is 2.31. The summed E-state index contributed by atoms with van der Waals surface area (Å²) in [6.45, 7) is 6.06. The number of hydrogen-bond donors (Lipinski definition) is 0. The number of nitrogens with zero attached hydrogens (tertiary/aromatic N) is 2. The van der Waals surface area contributed by atoms with Gasteiger partial charge in [0.1, 0.15) is 5.75 Å². The summed E-state index contributed by atoms with van der Waals surface area (Å²) in [5, 5.41) is 2.20. The third kappa shape index (κ3) is 4.23. The van der Waals surface area contributed by atoms with E-state index >= 15 is 0 Å². The average molecular weight is 423 g/mol. The van der Waals surface area contributed by atoms with Gasteiger partial charge in [0, 0.05) is 17.6 Å². The van der Waals surface area contributed by atoms with Crippen LogP contribution >= 0.6 is 11.3 Å². The van der Waals surface area contributed by atoms with Crippen molar-refractivity contribution in [3.8, 4) is 17.0 Å². The van der Waals surface area contributed by atoms with E-state index in [1.807, 2.05) is 12.1 Å². The second-order valence-corrected chi connectivity index (χ2v) is 8.43. The summed E-state index contributed by atoms with van der Waals surface area (Å²) in [5.41, 5.74) is 5.95. The zero-order valence-electron chi connectivity index (χ0n) is 18.1. The number of aromatic nitrogens is 1. The van der Waals surface area contributed by atoms with E-state index in [-0.39, 0.29) is 6.10 Å². The predicted octanol–water partition coefficient (Wildman–Crippen LogP) is 5.76. The van der Waals surface area contributed by atoms with Crippen LogP contribution in [0.5, 0.6) is 5.75 Å². The number of methoxy groups -OCH3 is 1. The van der Waals surface area contributed by atoms with Crippen molar-refractivity contribution in [3.63, 3.8) is 0 Å². The molecule has 4 nitrogen and oxygen atoms in total. The first-order chi connectivity index (χ1) is 14.7. The second kappa shape index (κ2) is 9.63. The lowest BCUT2D eigenvalue weighted by Gasteiger charge is -2.16. The number of aryl methyl sites for hydroxylation is 2. The van der Waals surface area contributed by atoms with Crippen LogP contribution in [0.1, 0.15) is 37.8 Å². The van der Waals surface area contributed by atoms with Crippen molar-refractivity contribution in [1.29, 1.82) is 0 Å². The summed E-state index contributed by atoms with van der Waals surface area (Å²) in [4.78, 5) is 6.23. The zero-order valence-corrected chi connectivity index (χ0v) is 18.9. The zero-order chi connectivity index (χ0) is 20.9. The van der Waals surface area contributed by atoms with Gasteiger partial charge in [0.2, 0.25) is 0 Å². The Kier molecular flexibility index (Phi) is 6.70. The maximum atomic E-state index is 5.98. The van der Waals surface area contributed by atoms with Crippen molar-refractivity contribution < 1.29 is 9.47 Å². The summed E-state index contributed by atoms with van der Waals surface area (Å²) >= 11 is 1.69. The fourth-order valence-corrected chi connectivity index (χ4v) is 5.03. The van der Waals surface area contributed by atoms with Crippen LogP contribution in [-0.4, -0.2) is 24.4 Å². The first kappa shape index (κ1) is 20.9. The molecule has 0 aliphatic carbocycles. The number of thiazole rings is 1. The van der Waals surface area contributed by atoms with Crippen LogP contribution in [-0.2, 0) is 24.1 Å². The van der Waals surface area contributed by atoms with E-state index in [0.717, 1.165) is 66.3 Å². The molecular formula is C25H30N2O2S. The summed E-state index contributed by atoms with van der Waals surface area (Å²) in [7, 11) is 1.73. The van der Waals surface area contributed by atoms with Crippen LogP contribution in [0.2, 0.25) is 0 Å². The monoisotopic (exact) mass is 422 g/mol. The van der Waals surface area contributed by atoms with Gasteiger partial charge < -0.3 is 14.0 Å². The molecule has 1 unspecified atom stereocenters. The Hall–Kier alpha value is -2.37. The molecule has 0 saturated carbocycles. The van der Waals surface area contributed by atoms with E-state index in [0.29, 0.717) is 0 Å². The highest BCUT2D eigenvalue weighted by atomic mass is 32.1. The molecule has 2 heterocycles. The first-order valence-corrected chi connectivity index (χ1v) is 11.7. The molecule has 5 heteroatoms. The molecule has 3 aromatic rings. The van der Waals surface area contributed by atoms with E-state index in [9.17, 15) is 0 Å². The topological polar surface area (TPSA) is 35.8 Å². The van der Waals surface area contributed by atoms with Gasteiger partial charge in [-0.05, 0) is 48.9 Å². The van der Waals surface area contributed by atoms with Crippen LogP contribution in [0.4, 0.5) is 5.69 Å². The van der Waals surface area contributed by atoms with Crippen LogP contribution < -0.4 is 9.54 Å². The van der Waals surface area contributed by atoms with Crippen LogP contribution in [0.15, 0.2) is 52.8 Å². The van der Waals surface area contributed by atoms with Crippen molar-refractivity contribution in [3.05, 3.63) is 63.8 Å². The minimum atomic E-state index is 0.235. The largest absolute Gasteiger partial charge is 0.496 e. The van der Waals surface area contributed by atoms with Gasteiger partial charge in [0.05, 0.1) is 31.1 Å². The lowest BCUT2D eigenvalue weighted by Crippen LogP contribution is -2.24. The quantitative estimate of drug-likeness (QED) is 0.485. The van der Waals surface area contributed by atoms with Crippen molar-refractivity contribution in [2.24, 2.45) is 4.99 Å². The predicted molar refractivity (Wildman–Crippen MR) is 124 cm³/mol. The lowest BCUT2D eigenvalue weighted by atomic mass is 10.0. The fourth-order valence-electron chi connectivity index (χ4n) is 4.11. The molecule has 1 atom stereocenters. The van der Waals surface area contributed by atoms with E-state index in [1.165, 1.54) is 11.1 Å². The molecule has 1 aromatic heterocycles. The van der Waals surface area contributed by atoms with Crippen molar-refractivity contribution in [1.82, 2.24) is 4.57 Å². The molecule has 30 heavy (non-hydrogen) atoms. The molecular weight excluding hydrogens is 392 g/mol. The number of rotatable bonds is 7. The number of benzene rings is 2. The molecule has 1 saturated heterocycles. The van der Waals surface area contributed by atoms with E-state index < -0.39 is 0 Å². The van der Waals surface area contributed by atoms with Crippen LogP contribution in [0.3, 0.4) is 0 Å². The van der Waals surface area contributed by atoms with E-state index in [1.54, 1.807) is 18.4 Å². The third-order valence-electron chi connectivity index (χ3n) is 5.76. The SMILES string of the molecule is CCc1cccc(CC)c1N=c1scc(-c2ccccc2OC)n1CC1CCCO1.